The van der Waals surface area contributed by atoms with E-state index in [1.807, 2.05) is 17.4 Å². The molecule has 1 aromatic carbocycles. The first kappa shape index (κ1) is 27.4. The number of aliphatic hydroxyl groups excluding tert-OH is 1. The van der Waals surface area contributed by atoms with Crippen molar-refractivity contribution in [1.29, 1.82) is 0 Å². The van der Waals surface area contributed by atoms with Crippen LogP contribution in [0.2, 0.25) is 0 Å². The fourth-order valence-corrected chi connectivity index (χ4v) is 3.91. The molecular weight excluding hydrogens is 476 g/mol. The zero-order chi connectivity index (χ0) is 26.1. The Morgan fingerprint density at radius 2 is 1.83 bits per heavy atom. The van der Waals surface area contributed by atoms with E-state index < -0.39 is 30.1 Å². The number of thiazole rings is 1. The fraction of sp³-hybridized carbons (Fsp3) is 0.364. The van der Waals surface area contributed by atoms with Crippen LogP contribution in [0.4, 0.5) is 15.6 Å². The van der Waals surface area contributed by atoms with Crippen molar-refractivity contribution in [2.45, 2.75) is 38.8 Å². The number of rotatable bonds is 10. The molecule has 35 heavy (non-hydrogen) atoms. The zero-order valence-corrected chi connectivity index (χ0v) is 20.5. The van der Waals surface area contributed by atoms with Gasteiger partial charge >= 0.3 is 6.09 Å². The minimum atomic E-state index is -1.21. The molecule has 2 aromatic rings. The van der Waals surface area contributed by atoms with Gasteiger partial charge in [0.1, 0.15) is 10.9 Å². The number of aliphatic hydroxyl groups is 1. The largest absolute Gasteiger partial charge is 0.465 e. The van der Waals surface area contributed by atoms with E-state index in [4.69, 9.17) is 5.11 Å². The van der Waals surface area contributed by atoms with Gasteiger partial charge in [0.05, 0.1) is 23.8 Å². The van der Waals surface area contributed by atoms with E-state index in [2.05, 4.69) is 20.6 Å². The third-order valence-electron chi connectivity index (χ3n) is 4.65. The fourth-order valence-electron chi connectivity index (χ4n) is 2.95. The van der Waals surface area contributed by atoms with Gasteiger partial charge in [-0.05, 0) is 37.5 Å². The lowest BCUT2D eigenvalue weighted by atomic mass is 10.1. The van der Waals surface area contributed by atoms with Gasteiger partial charge in [0.25, 0.3) is 5.91 Å². The summed E-state index contributed by atoms with van der Waals surface area (Å²) in [6.45, 7) is 2.74. The summed E-state index contributed by atoms with van der Waals surface area (Å²) in [6.07, 6.45) is -0.381. The Bertz CT molecular complexity index is 1100. The van der Waals surface area contributed by atoms with E-state index in [1.165, 1.54) is 32.8 Å². The Hall–Kier alpha value is -3.84. The number of hydrogen-bond acceptors (Lipinski definition) is 8. The Kier molecular flexibility index (Phi) is 9.85. The maximum absolute atomic E-state index is 13.0. The summed E-state index contributed by atoms with van der Waals surface area (Å²) < 4.78 is 0. The molecule has 13 heteroatoms. The van der Waals surface area contributed by atoms with Gasteiger partial charge < -0.3 is 25.7 Å². The third-order valence-corrected chi connectivity index (χ3v) is 5.66. The first-order chi connectivity index (χ1) is 16.5. The van der Waals surface area contributed by atoms with E-state index in [-0.39, 0.29) is 15.9 Å². The predicted molar refractivity (Wildman–Crippen MR) is 131 cm³/mol. The van der Waals surface area contributed by atoms with Crippen molar-refractivity contribution in [1.82, 2.24) is 20.5 Å². The Labute approximate surface area is 206 Å². The molecule has 0 aliphatic rings. The molecule has 0 spiro atoms. The highest BCUT2D eigenvalue weighted by Gasteiger charge is 2.29. The molecule has 0 bridgehead atoms. The van der Waals surface area contributed by atoms with Crippen molar-refractivity contribution >= 4 is 52.3 Å². The number of aliphatic imine (C=N–C) groups is 1. The minimum absolute atomic E-state index is 0.229. The molecule has 0 saturated carbocycles. The quantitative estimate of drug-likeness (QED) is 0.240. The van der Waals surface area contributed by atoms with E-state index in [0.29, 0.717) is 24.2 Å². The number of carbonyl (C=O) groups is 4. The molecule has 0 aliphatic heterocycles. The monoisotopic (exact) mass is 504 g/mol. The summed E-state index contributed by atoms with van der Waals surface area (Å²) in [7, 11) is 3.05. The number of carboxylic acid groups (broad SMARTS) is 1. The molecule has 0 radical (unpaired) electrons. The van der Waals surface area contributed by atoms with E-state index in [9.17, 15) is 24.3 Å². The number of nitrogens with zero attached hydrogens (tertiary/aromatic N) is 3. The van der Waals surface area contributed by atoms with E-state index in [0.717, 1.165) is 23.2 Å². The van der Waals surface area contributed by atoms with Crippen molar-refractivity contribution < 1.29 is 29.4 Å². The molecule has 2 atom stereocenters. The molecule has 1 heterocycles. The van der Waals surface area contributed by atoms with Crippen LogP contribution >= 0.6 is 11.3 Å². The van der Waals surface area contributed by atoms with Crippen molar-refractivity contribution in [3.8, 4) is 0 Å². The summed E-state index contributed by atoms with van der Waals surface area (Å²) in [5, 5.41) is 26.0. The van der Waals surface area contributed by atoms with Crippen LogP contribution in [0.1, 0.15) is 34.8 Å². The van der Waals surface area contributed by atoms with Crippen LogP contribution in [0.3, 0.4) is 0 Å². The molecule has 4 amide bonds. The first-order valence-corrected chi connectivity index (χ1v) is 11.4. The number of aryl methyl sites for hydroxylation is 2. The number of carbonyl (C=O) groups excluding carboxylic acids is 3. The normalized spacial score (nSPS) is 12.6. The molecule has 5 N–H and O–H groups in total. The molecule has 0 unspecified atom stereocenters. The van der Waals surface area contributed by atoms with Crippen LogP contribution in [0.25, 0.3) is 0 Å². The standard InChI is InChI=1S/C22H28N6O6S/c1-12(29)17(20(32)28(3)4)27-19(31)18-16(26-21(35-18)25-13(2)30)10-7-14-5-8-15(9-6-14)23-11-24-22(33)34/h5-6,8-9,11-12,17,29H,7,10H2,1-4H3,(H,23,24)(H,27,31)(H,33,34)(H,25,26,30)/t12-,17-/m0/s1. The van der Waals surface area contributed by atoms with E-state index in [1.54, 1.807) is 12.1 Å². The second-order valence-electron chi connectivity index (χ2n) is 7.77. The lowest BCUT2D eigenvalue weighted by Crippen LogP contribution is -2.52. The number of benzene rings is 1. The second-order valence-corrected chi connectivity index (χ2v) is 8.77. The van der Waals surface area contributed by atoms with Crippen molar-refractivity contribution in [3.63, 3.8) is 0 Å². The SMILES string of the molecule is CC(=O)Nc1nc(CCc2ccc(N=CNC(=O)O)cc2)c(C(=O)N[C@H](C(=O)N(C)C)[C@H](C)O)s1. The molecule has 1 aromatic heterocycles. The summed E-state index contributed by atoms with van der Waals surface area (Å²) in [5.41, 5.74) is 1.91. The highest BCUT2D eigenvalue weighted by molar-refractivity contribution is 7.17. The number of anilines is 1. The summed E-state index contributed by atoms with van der Waals surface area (Å²) in [4.78, 5) is 57.2. The first-order valence-electron chi connectivity index (χ1n) is 10.6. The van der Waals surface area contributed by atoms with Crippen LogP contribution in [-0.4, -0.2) is 76.5 Å². The van der Waals surface area contributed by atoms with Crippen molar-refractivity contribution in [2.75, 3.05) is 19.4 Å². The van der Waals surface area contributed by atoms with Crippen LogP contribution in [-0.2, 0) is 22.4 Å². The van der Waals surface area contributed by atoms with Gasteiger partial charge in [-0.3, -0.25) is 19.7 Å². The molecule has 0 fully saturated rings. The van der Waals surface area contributed by atoms with Crippen LogP contribution in [0.5, 0.6) is 0 Å². The number of aromatic nitrogens is 1. The molecule has 0 saturated heterocycles. The number of hydrogen-bond donors (Lipinski definition) is 5. The average molecular weight is 505 g/mol. The molecule has 188 valence electrons. The Morgan fingerprint density at radius 3 is 2.37 bits per heavy atom. The highest BCUT2D eigenvalue weighted by Crippen LogP contribution is 2.25. The Morgan fingerprint density at radius 1 is 1.17 bits per heavy atom. The summed E-state index contributed by atoms with van der Waals surface area (Å²) in [5.74, 6) is -1.37. The van der Waals surface area contributed by atoms with Gasteiger partial charge in [-0.2, -0.15) is 0 Å². The van der Waals surface area contributed by atoms with Crippen LogP contribution < -0.4 is 16.0 Å². The van der Waals surface area contributed by atoms with Gasteiger partial charge in [0.2, 0.25) is 11.8 Å². The molecular formula is C22H28N6O6S. The maximum atomic E-state index is 13.0. The van der Waals surface area contributed by atoms with Gasteiger partial charge in [-0.15, -0.1) is 0 Å². The predicted octanol–water partition coefficient (Wildman–Crippen LogP) is 1.38. The number of nitrogens with one attached hydrogen (secondary N) is 3. The number of likely N-dealkylation sites (N-methyl/N-ethyl adjacent to an activating group) is 1. The van der Waals surface area contributed by atoms with Gasteiger partial charge in [0, 0.05) is 21.0 Å². The topological polar surface area (TPSA) is 173 Å². The molecule has 2 rings (SSSR count). The van der Waals surface area contributed by atoms with Crippen molar-refractivity contribution in [3.05, 3.63) is 40.4 Å². The average Bonchev–Trinajstić information content (AvgIpc) is 3.17. The number of amides is 4. The van der Waals surface area contributed by atoms with Crippen LogP contribution in [0.15, 0.2) is 29.3 Å². The van der Waals surface area contributed by atoms with Gasteiger partial charge in [-0.25, -0.2) is 14.8 Å². The lowest BCUT2D eigenvalue weighted by molar-refractivity contribution is -0.133. The summed E-state index contributed by atoms with van der Waals surface area (Å²) in [6, 6.07) is 5.92. The van der Waals surface area contributed by atoms with Crippen molar-refractivity contribution in [2.24, 2.45) is 4.99 Å². The zero-order valence-electron chi connectivity index (χ0n) is 19.7. The Balaban J connectivity index is 2.19. The minimum Gasteiger partial charge on any atom is -0.465 e. The second kappa shape index (κ2) is 12.6. The maximum Gasteiger partial charge on any atom is 0.409 e. The molecule has 0 aliphatic carbocycles. The molecule has 12 nitrogen and oxygen atoms in total. The highest BCUT2D eigenvalue weighted by atomic mass is 32.1. The van der Waals surface area contributed by atoms with Gasteiger partial charge in [-0.1, -0.05) is 23.5 Å². The van der Waals surface area contributed by atoms with Crippen LogP contribution in [0, 0.1) is 0 Å². The smallest absolute Gasteiger partial charge is 0.409 e. The third kappa shape index (κ3) is 8.46. The lowest BCUT2D eigenvalue weighted by Gasteiger charge is -2.23. The van der Waals surface area contributed by atoms with Gasteiger partial charge in [0.15, 0.2) is 5.13 Å². The van der Waals surface area contributed by atoms with E-state index >= 15 is 0 Å². The summed E-state index contributed by atoms with van der Waals surface area (Å²) >= 11 is 0.983.